The van der Waals surface area contributed by atoms with Crippen molar-refractivity contribution in [1.82, 2.24) is 4.57 Å². The summed E-state index contributed by atoms with van der Waals surface area (Å²) < 4.78 is 32.3. The molecule has 2 heterocycles. The fourth-order valence-corrected chi connectivity index (χ4v) is 4.02. The van der Waals surface area contributed by atoms with Gasteiger partial charge in [-0.3, -0.25) is 4.79 Å². The Kier molecular flexibility index (Phi) is 5.45. The Balaban J connectivity index is 1.89. The van der Waals surface area contributed by atoms with Crippen LogP contribution in [0.5, 0.6) is 0 Å². The van der Waals surface area contributed by atoms with Gasteiger partial charge in [0.15, 0.2) is 5.82 Å². The van der Waals surface area contributed by atoms with E-state index in [0.717, 1.165) is 12.3 Å². The number of carboxylic acids is 1. The van der Waals surface area contributed by atoms with Crippen LogP contribution >= 0.6 is 0 Å². The Hall–Kier alpha value is -3.70. The number of aromatic nitrogens is 1. The first-order valence-electron chi connectivity index (χ1n) is 9.80. The van der Waals surface area contributed by atoms with Gasteiger partial charge < -0.3 is 30.0 Å². The maximum Gasteiger partial charge on any atom is 0.341 e. The fourth-order valence-electron chi connectivity index (χ4n) is 4.02. The van der Waals surface area contributed by atoms with Crippen LogP contribution in [0.15, 0.2) is 27.4 Å². The molecular weight excluding hydrogens is 428 g/mol. The first-order valence-corrected chi connectivity index (χ1v) is 9.80. The van der Waals surface area contributed by atoms with Gasteiger partial charge in [-0.05, 0) is 18.9 Å². The first-order chi connectivity index (χ1) is 15.3. The van der Waals surface area contributed by atoms with Gasteiger partial charge in [0, 0.05) is 18.8 Å². The van der Waals surface area contributed by atoms with Gasteiger partial charge in [-0.2, -0.15) is 0 Å². The lowest BCUT2D eigenvalue weighted by molar-refractivity contribution is 0.0694. The lowest BCUT2D eigenvalue weighted by Crippen LogP contribution is -2.31. The third kappa shape index (κ3) is 3.51. The number of rotatable bonds is 6. The van der Waals surface area contributed by atoms with E-state index in [9.17, 15) is 14.7 Å². The molecule has 0 radical (unpaired) electrons. The van der Waals surface area contributed by atoms with Gasteiger partial charge in [-0.15, -0.1) is 0 Å². The monoisotopic (exact) mass is 449 g/mol. The second-order valence-electron chi connectivity index (χ2n) is 7.63. The first kappa shape index (κ1) is 21.5. The van der Waals surface area contributed by atoms with E-state index in [-0.39, 0.29) is 41.6 Å². The minimum absolute atomic E-state index is 0.00133. The number of anilines is 1. The molecule has 0 bridgehead atoms. The van der Waals surface area contributed by atoms with Gasteiger partial charge in [-0.1, -0.05) is 10.3 Å². The largest absolute Gasteiger partial charge is 0.477 e. The Morgan fingerprint density at radius 3 is 2.59 bits per heavy atom. The summed E-state index contributed by atoms with van der Waals surface area (Å²) in [6.45, 7) is 0.0414. The average Bonchev–Trinajstić information content (AvgIpc) is 3.50. The van der Waals surface area contributed by atoms with Crippen molar-refractivity contribution < 1.29 is 28.4 Å². The predicted octanol–water partition coefficient (Wildman–Crippen LogP) is 1.67. The summed E-state index contributed by atoms with van der Waals surface area (Å²) in [6.07, 6.45) is 2.52. The Morgan fingerprint density at radius 2 is 2.00 bits per heavy atom. The zero-order valence-corrected chi connectivity index (χ0v) is 17.3. The molecule has 3 N–H and O–H groups in total. The van der Waals surface area contributed by atoms with Crippen molar-refractivity contribution in [2.24, 2.45) is 22.0 Å². The quantitative estimate of drug-likeness (QED) is 0.390. The van der Waals surface area contributed by atoms with E-state index in [4.69, 9.17) is 15.4 Å². The Bertz CT molecular complexity index is 1220. The van der Waals surface area contributed by atoms with Gasteiger partial charge in [0.1, 0.15) is 37.1 Å². The normalized spacial score (nSPS) is 20.2. The zero-order chi connectivity index (χ0) is 23.2. The van der Waals surface area contributed by atoms with Gasteiger partial charge in [0.25, 0.3) is 0 Å². The van der Waals surface area contributed by atoms with E-state index in [1.165, 1.54) is 23.7 Å². The minimum atomic E-state index is -1.45. The number of pyridine rings is 1. The lowest BCUT2D eigenvalue weighted by Gasteiger charge is -2.22. The molecule has 1 saturated heterocycles. The molecule has 10 nitrogen and oxygen atoms in total. The number of oxime groups is 2. The molecule has 32 heavy (non-hydrogen) atoms. The molecule has 2 aromatic rings. The highest BCUT2D eigenvalue weighted by molar-refractivity contribution is 6.10. The van der Waals surface area contributed by atoms with Crippen molar-refractivity contribution >= 4 is 34.1 Å². The van der Waals surface area contributed by atoms with Crippen molar-refractivity contribution in [2.45, 2.75) is 18.9 Å². The highest BCUT2D eigenvalue weighted by Gasteiger charge is 2.37. The number of amidine groups is 1. The van der Waals surface area contributed by atoms with E-state index >= 15 is 8.78 Å². The van der Waals surface area contributed by atoms with Crippen LogP contribution in [0.1, 0.15) is 29.2 Å². The molecule has 1 aliphatic carbocycles. The molecule has 170 valence electrons. The molecule has 4 rings (SSSR count). The van der Waals surface area contributed by atoms with Crippen LogP contribution in [-0.4, -0.2) is 54.5 Å². The molecule has 2 fully saturated rings. The van der Waals surface area contributed by atoms with E-state index in [2.05, 4.69) is 10.3 Å². The zero-order valence-electron chi connectivity index (χ0n) is 17.3. The van der Waals surface area contributed by atoms with Crippen molar-refractivity contribution in [3.05, 3.63) is 39.7 Å². The molecule has 1 aromatic carbocycles. The predicted molar refractivity (Wildman–Crippen MR) is 112 cm³/mol. The summed E-state index contributed by atoms with van der Waals surface area (Å²) in [6, 6.07) is 0.722. The van der Waals surface area contributed by atoms with Crippen LogP contribution < -0.4 is 16.1 Å². The summed E-state index contributed by atoms with van der Waals surface area (Å²) in [4.78, 5) is 35.0. The van der Waals surface area contributed by atoms with Crippen molar-refractivity contribution in [3.8, 4) is 0 Å². The number of halogens is 2. The fraction of sp³-hybridized carbons (Fsp3) is 0.400. The number of hydrogen-bond donors (Lipinski definition) is 2. The van der Waals surface area contributed by atoms with E-state index < -0.39 is 34.5 Å². The molecule has 1 saturated carbocycles. The van der Waals surface area contributed by atoms with Gasteiger partial charge in [0.05, 0.1) is 29.1 Å². The number of carbonyl (C=O) groups is 1. The second-order valence-corrected chi connectivity index (χ2v) is 7.63. The molecule has 2 aliphatic rings. The van der Waals surface area contributed by atoms with Crippen LogP contribution in [0, 0.1) is 17.6 Å². The summed E-state index contributed by atoms with van der Waals surface area (Å²) >= 11 is 0. The molecule has 0 amide bonds. The number of benzene rings is 1. The third-order valence-corrected chi connectivity index (χ3v) is 5.59. The second kappa shape index (κ2) is 8.09. The standard InChI is InChI=1S/C20H21F2N5O5/c1-31-24-14-8-26(6-11(14)19(23)25-32-2)17-13(21)5-10-16(15(17)22)27(9-3-4-9)7-12(18(10)28)20(29)30/h5,7,9,11H,3-4,6,8H2,1-2H3,(H2,23,25)(H,29,30)/b24-14+. The third-order valence-electron chi connectivity index (χ3n) is 5.59. The van der Waals surface area contributed by atoms with Crippen LogP contribution in [0.25, 0.3) is 10.9 Å². The topological polar surface area (TPSA) is 132 Å². The molecule has 1 aromatic heterocycles. The van der Waals surface area contributed by atoms with E-state index in [1.54, 1.807) is 0 Å². The van der Waals surface area contributed by atoms with Crippen LogP contribution in [0.2, 0.25) is 0 Å². The number of nitrogens with zero attached hydrogens (tertiary/aromatic N) is 4. The molecule has 1 unspecified atom stereocenters. The highest BCUT2D eigenvalue weighted by atomic mass is 19.1. The number of carboxylic acid groups (broad SMARTS) is 1. The van der Waals surface area contributed by atoms with Crippen molar-refractivity contribution in [1.29, 1.82) is 0 Å². The SMILES string of the molecule is CO/N=C1\CN(c2c(F)cc3c(=O)c(C(=O)O)cn(C4CC4)c3c2F)CC1/C(N)=N\OC. The number of fused-ring (bicyclic) bond motifs is 1. The van der Waals surface area contributed by atoms with E-state index in [0.29, 0.717) is 18.6 Å². The summed E-state index contributed by atoms with van der Waals surface area (Å²) in [7, 11) is 2.65. The maximum atomic E-state index is 15.8. The van der Waals surface area contributed by atoms with Crippen LogP contribution in [0.3, 0.4) is 0 Å². The minimum Gasteiger partial charge on any atom is -0.477 e. The van der Waals surface area contributed by atoms with Crippen molar-refractivity contribution in [3.63, 3.8) is 0 Å². The molecule has 0 spiro atoms. The van der Waals surface area contributed by atoms with Gasteiger partial charge in [-0.25, -0.2) is 13.6 Å². The van der Waals surface area contributed by atoms with Crippen LogP contribution in [0.4, 0.5) is 14.5 Å². The average molecular weight is 449 g/mol. The summed E-state index contributed by atoms with van der Waals surface area (Å²) in [5.74, 6) is -3.96. The van der Waals surface area contributed by atoms with E-state index in [1.807, 2.05) is 0 Å². The molecule has 1 atom stereocenters. The smallest absolute Gasteiger partial charge is 0.341 e. The van der Waals surface area contributed by atoms with Gasteiger partial charge in [0.2, 0.25) is 5.43 Å². The lowest BCUT2D eigenvalue weighted by atomic mass is 10.1. The summed E-state index contributed by atoms with van der Waals surface area (Å²) in [5.41, 5.74) is 4.35. The molecular formula is C20H21F2N5O5. The Labute approximate surface area is 180 Å². The molecule has 1 aliphatic heterocycles. The van der Waals surface area contributed by atoms with Crippen molar-refractivity contribution in [2.75, 3.05) is 32.2 Å². The number of nitrogens with two attached hydrogens (primary N) is 1. The van der Waals surface area contributed by atoms with Gasteiger partial charge >= 0.3 is 5.97 Å². The van der Waals surface area contributed by atoms with Crippen LogP contribution in [-0.2, 0) is 9.68 Å². The number of hydrogen-bond acceptors (Lipinski definition) is 7. The highest BCUT2D eigenvalue weighted by Crippen LogP contribution is 2.40. The number of aromatic carboxylic acids is 1. The summed E-state index contributed by atoms with van der Waals surface area (Å²) in [5, 5.41) is 16.6. The molecule has 12 heteroatoms. The Morgan fingerprint density at radius 1 is 1.28 bits per heavy atom. The maximum absolute atomic E-state index is 15.8.